The number of nitrogens with one attached hydrogen (secondary N) is 1. The highest BCUT2D eigenvalue weighted by molar-refractivity contribution is 7.13. The molecule has 0 saturated carbocycles. The van der Waals surface area contributed by atoms with Gasteiger partial charge in [0.05, 0.1) is 20.3 Å². The van der Waals surface area contributed by atoms with Crippen molar-refractivity contribution in [1.82, 2.24) is 9.88 Å². The Hall–Kier alpha value is -1.18. The summed E-state index contributed by atoms with van der Waals surface area (Å²) in [5.41, 5.74) is 0.332. The minimum atomic E-state index is -0.415. The molecule has 6 nitrogen and oxygen atoms in total. The van der Waals surface area contributed by atoms with Gasteiger partial charge in [0, 0.05) is 18.5 Å². The first-order valence-electron chi connectivity index (χ1n) is 5.63. The van der Waals surface area contributed by atoms with Crippen LogP contribution in [0.5, 0.6) is 0 Å². The molecule has 0 aliphatic carbocycles. The number of aromatic nitrogens is 1. The van der Waals surface area contributed by atoms with E-state index in [-0.39, 0.29) is 0 Å². The number of esters is 1. The van der Waals surface area contributed by atoms with Crippen LogP contribution >= 0.6 is 11.3 Å². The molecule has 0 unspecified atom stereocenters. The zero-order valence-electron chi connectivity index (χ0n) is 10.9. The molecule has 0 aliphatic heterocycles. The lowest BCUT2D eigenvalue weighted by molar-refractivity contribution is 0.0595. The Morgan fingerprint density at radius 1 is 1.50 bits per heavy atom. The van der Waals surface area contributed by atoms with Gasteiger partial charge < -0.3 is 19.7 Å². The van der Waals surface area contributed by atoms with Crippen LogP contribution in [0.3, 0.4) is 0 Å². The molecule has 0 atom stereocenters. The Morgan fingerprint density at radius 3 is 2.94 bits per heavy atom. The van der Waals surface area contributed by atoms with Gasteiger partial charge in [0.15, 0.2) is 10.8 Å². The van der Waals surface area contributed by atoms with Crippen molar-refractivity contribution in [1.29, 1.82) is 0 Å². The van der Waals surface area contributed by atoms with Gasteiger partial charge in [-0.3, -0.25) is 0 Å². The van der Waals surface area contributed by atoms with Gasteiger partial charge in [0.1, 0.15) is 0 Å². The molecule has 0 amide bonds. The van der Waals surface area contributed by atoms with E-state index in [4.69, 9.17) is 4.74 Å². The molecule has 1 N–H and O–H groups in total. The number of carbonyl (C=O) groups is 1. The lowest BCUT2D eigenvalue weighted by atomic mass is 10.5. The third-order valence-corrected chi connectivity index (χ3v) is 2.90. The number of carbonyl (C=O) groups excluding carboxylic acids is 1. The number of methoxy groups -OCH3 is 1. The average Bonchev–Trinajstić information content (AvgIpc) is 2.81. The second kappa shape index (κ2) is 8.02. The minimum absolute atomic E-state index is 0.332. The van der Waals surface area contributed by atoms with E-state index in [1.54, 1.807) is 5.38 Å². The number of anilines is 1. The summed E-state index contributed by atoms with van der Waals surface area (Å²) in [5, 5.41) is 5.46. The summed E-state index contributed by atoms with van der Waals surface area (Å²) in [4.78, 5) is 17.3. The van der Waals surface area contributed by atoms with Crippen molar-refractivity contribution in [3.05, 3.63) is 11.1 Å². The van der Waals surface area contributed by atoms with E-state index in [1.165, 1.54) is 18.4 Å². The molecule has 1 aromatic heterocycles. The number of hydrogen-bond acceptors (Lipinski definition) is 7. The fraction of sp³-hybridized carbons (Fsp3) is 0.636. The number of ether oxygens (including phenoxy) is 2. The van der Waals surface area contributed by atoms with Gasteiger partial charge in [0.25, 0.3) is 0 Å². The second-order valence-electron chi connectivity index (χ2n) is 3.87. The maximum Gasteiger partial charge on any atom is 0.357 e. The first-order chi connectivity index (χ1) is 8.63. The molecule has 0 saturated heterocycles. The van der Waals surface area contributed by atoms with E-state index in [9.17, 15) is 4.79 Å². The molecule has 18 heavy (non-hydrogen) atoms. The largest absolute Gasteiger partial charge is 0.464 e. The molecule has 0 fully saturated rings. The summed E-state index contributed by atoms with van der Waals surface area (Å²) in [5.74, 6) is -0.415. The summed E-state index contributed by atoms with van der Waals surface area (Å²) in [6, 6.07) is 0. The van der Waals surface area contributed by atoms with Crippen molar-refractivity contribution in [3.63, 3.8) is 0 Å². The quantitative estimate of drug-likeness (QED) is 0.561. The molecule has 0 aliphatic rings. The molecular weight excluding hydrogens is 254 g/mol. The van der Waals surface area contributed by atoms with Gasteiger partial charge in [-0.2, -0.15) is 0 Å². The maximum atomic E-state index is 11.2. The number of likely N-dealkylation sites (N-methyl/N-ethyl adjacent to an activating group) is 1. The lowest BCUT2D eigenvalue weighted by Gasteiger charge is -2.09. The summed E-state index contributed by atoms with van der Waals surface area (Å²) in [6.45, 7) is 2.90. The highest BCUT2D eigenvalue weighted by atomic mass is 32.1. The molecule has 0 spiro atoms. The van der Waals surface area contributed by atoms with Crippen LogP contribution in [0.1, 0.15) is 10.5 Å². The van der Waals surface area contributed by atoms with E-state index in [0.717, 1.165) is 6.54 Å². The van der Waals surface area contributed by atoms with E-state index in [2.05, 4.69) is 19.9 Å². The van der Waals surface area contributed by atoms with Crippen LogP contribution in [-0.2, 0) is 9.47 Å². The van der Waals surface area contributed by atoms with Crippen LogP contribution in [0.4, 0.5) is 5.13 Å². The van der Waals surface area contributed by atoms with Crippen LogP contribution in [0.25, 0.3) is 0 Å². The van der Waals surface area contributed by atoms with Crippen molar-refractivity contribution in [2.24, 2.45) is 0 Å². The molecule has 7 heteroatoms. The van der Waals surface area contributed by atoms with E-state index in [0.29, 0.717) is 30.6 Å². The first-order valence-corrected chi connectivity index (χ1v) is 6.51. The second-order valence-corrected chi connectivity index (χ2v) is 4.73. The zero-order chi connectivity index (χ0) is 13.4. The van der Waals surface area contributed by atoms with E-state index < -0.39 is 5.97 Å². The minimum Gasteiger partial charge on any atom is -0.464 e. The van der Waals surface area contributed by atoms with Crippen molar-refractivity contribution in [2.75, 3.05) is 52.8 Å². The standard InChI is InChI=1S/C11H19N3O3S/c1-14(2)5-7-17-6-4-12-11-13-9(8-18-11)10(15)16-3/h8H,4-7H2,1-3H3,(H,12,13). The van der Waals surface area contributed by atoms with Crippen LogP contribution in [0, 0.1) is 0 Å². The molecule has 0 radical (unpaired) electrons. The summed E-state index contributed by atoms with van der Waals surface area (Å²) < 4.78 is 10.0. The third-order valence-electron chi connectivity index (χ3n) is 2.10. The van der Waals surface area contributed by atoms with Crippen LogP contribution in [-0.4, -0.2) is 63.4 Å². The van der Waals surface area contributed by atoms with Crippen LogP contribution < -0.4 is 5.32 Å². The average molecular weight is 273 g/mol. The molecule has 0 aromatic carbocycles. The van der Waals surface area contributed by atoms with Crippen molar-refractivity contribution < 1.29 is 14.3 Å². The molecule has 1 heterocycles. The molecule has 1 aromatic rings. The molecule has 0 bridgehead atoms. The SMILES string of the molecule is COC(=O)c1csc(NCCOCCN(C)C)n1. The monoisotopic (exact) mass is 273 g/mol. The van der Waals surface area contributed by atoms with Crippen molar-refractivity contribution in [2.45, 2.75) is 0 Å². The number of hydrogen-bond donors (Lipinski definition) is 1. The lowest BCUT2D eigenvalue weighted by Crippen LogP contribution is -2.20. The van der Waals surface area contributed by atoms with Gasteiger partial charge in [-0.15, -0.1) is 11.3 Å². The van der Waals surface area contributed by atoms with Gasteiger partial charge in [0.2, 0.25) is 0 Å². The Labute approximate surface area is 111 Å². The van der Waals surface area contributed by atoms with Crippen LogP contribution in [0.2, 0.25) is 0 Å². The van der Waals surface area contributed by atoms with Crippen LogP contribution in [0.15, 0.2) is 5.38 Å². The Bertz CT molecular complexity index is 368. The maximum absolute atomic E-state index is 11.2. The molecule has 1 rings (SSSR count). The molecular formula is C11H19N3O3S. The van der Waals surface area contributed by atoms with E-state index >= 15 is 0 Å². The smallest absolute Gasteiger partial charge is 0.357 e. The highest BCUT2D eigenvalue weighted by Crippen LogP contribution is 2.15. The predicted octanol–water partition coefficient (Wildman–Crippen LogP) is 0.920. The predicted molar refractivity (Wildman–Crippen MR) is 71.3 cm³/mol. The highest BCUT2D eigenvalue weighted by Gasteiger charge is 2.09. The van der Waals surface area contributed by atoms with Gasteiger partial charge in [-0.05, 0) is 14.1 Å². The first kappa shape index (κ1) is 14.9. The van der Waals surface area contributed by atoms with Crippen molar-refractivity contribution >= 4 is 22.4 Å². The number of nitrogens with zero attached hydrogens (tertiary/aromatic N) is 2. The molecule has 102 valence electrons. The van der Waals surface area contributed by atoms with Crippen molar-refractivity contribution in [3.8, 4) is 0 Å². The Kier molecular flexibility index (Phi) is 6.63. The summed E-state index contributed by atoms with van der Waals surface area (Å²) in [7, 11) is 5.35. The zero-order valence-corrected chi connectivity index (χ0v) is 11.7. The third kappa shape index (κ3) is 5.44. The summed E-state index contributed by atoms with van der Waals surface area (Å²) in [6.07, 6.45) is 0. The van der Waals surface area contributed by atoms with Gasteiger partial charge >= 0.3 is 5.97 Å². The topological polar surface area (TPSA) is 63.7 Å². The summed E-state index contributed by atoms with van der Waals surface area (Å²) >= 11 is 1.38. The Balaban J connectivity index is 2.16. The van der Waals surface area contributed by atoms with Gasteiger partial charge in [-0.1, -0.05) is 0 Å². The van der Waals surface area contributed by atoms with E-state index in [1.807, 2.05) is 14.1 Å². The number of thiazole rings is 1. The number of rotatable bonds is 8. The van der Waals surface area contributed by atoms with Gasteiger partial charge in [-0.25, -0.2) is 9.78 Å². The fourth-order valence-electron chi connectivity index (χ4n) is 1.13. The Morgan fingerprint density at radius 2 is 2.28 bits per heavy atom. The fourth-order valence-corrected chi connectivity index (χ4v) is 1.84. The normalized spacial score (nSPS) is 10.7.